The molecule has 39 heavy (non-hydrogen) atoms. The van der Waals surface area contributed by atoms with E-state index in [1.807, 2.05) is 49.4 Å². The molecule has 2 heterocycles. The van der Waals surface area contributed by atoms with Crippen molar-refractivity contribution in [2.24, 2.45) is 0 Å². The predicted octanol–water partition coefficient (Wildman–Crippen LogP) is 5.82. The van der Waals surface area contributed by atoms with Crippen molar-refractivity contribution in [3.05, 3.63) is 94.6 Å². The van der Waals surface area contributed by atoms with Crippen LogP contribution in [0.2, 0.25) is 0 Å². The molecule has 0 saturated carbocycles. The number of fused-ring (bicyclic) bond motifs is 1. The van der Waals surface area contributed by atoms with E-state index in [2.05, 4.69) is 6.92 Å². The zero-order chi connectivity index (χ0) is 27.5. The largest absolute Gasteiger partial charge is 0.507 e. The lowest BCUT2D eigenvalue weighted by Crippen LogP contribution is -2.29. The van der Waals surface area contributed by atoms with Crippen LogP contribution in [0.4, 0.5) is 0 Å². The minimum absolute atomic E-state index is 0.0411. The van der Waals surface area contributed by atoms with Crippen LogP contribution in [0.25, 0.3) is 5.76 Å². The average molecular weight is 528 g/mol. The molecule has 1 N–H and O–H groups in total. The van der Waals surface area contributed by atoms with Gasteiger partial charge in [-0.1, -0.05) is 49.7 Å². The summed E-state index contributed by atoms with van der Waals surface area (Å²) in [6, 6.07) is 19.4. The van der Waals surface area contributed by atoms with Crippen LogP contribution in [-0.2, 0) is 22.6 Å². The minimum Gasteiger partial charge on any atom is -0.507 e. The van der Waals surface area contributed by atoms with Gasteiger partial charge in [-0.25, -0.2) is 0 Å². The molecule has 1 fully saturated rings. The SMILES string of the molecule is CCCCOc1ccc([C@@H]2C(=C(O)c3ccc4c(c3)C[C@H](C)O4)C(=O)C(=O)N2Cc2ccccc2)cc1OC. The van der Waals surface area contributed by atoms with Gasteiger partial charge >= 0.3 is 0 Å². The van der Waals surface area contributed by atoms with Crippen molar-refractivity contribution in [1.82, 2.24) is 4.90 Å². The summed E-state index contributed by atoms with van der Waals surface area (Å²) in [6.45, 7) is 4.84. The molecule has 7 heteroatoms. The minimum atomic E-state index is -0.813. The summed E-state index contributed by atoms with van der Waals surface area (Å²) < 4.78 is 17.3. The number of unbranched alkanes of at least 4 members (excludes halogenated alkanes) is 1. The lowest BCUT2D eigenvalue weighted by Gasteiger charge is -2.26. The Morgan fingerprint density at radius 2 is 1.85 bits per heavy atom. The van der Waals surface area contributed by atoms with E-state index in [9.17, 15) is 14.7 Å². The van der Waals surface area contributed by atoms with E-state index in [1.54, 1.807) is 31.4 Å². The molecule has 5 rings (SSSR count). The summed E-state index contributed by atoms with van der Waals surface area (Å²) in [5.41, 5.74) is 2.99. The maximum atomic E-state index is 13.5. The summed E-state index contributed by atoms with van der Waals surface area (Å²) in [5, 5.41) is 11.5. The molecule has 0 unspecified atom stereocenters. The second kappa shape index (κ2) is 11.2. The van der Waals surface area contributed by atoms with Gasteiger partial charge in [-0.15, -0.1) is 0 Å². The number of aliphatic hydroxyl groups excluding tert-OH is 1. The van der Waals surface area contributed by atoms with Crippen molar-refractivity contribution < 1.29 is 28.9 Å². The second-order valence-electron chi connectivity index (χ2n) is 9.98. The van der Waals surface area contributed by atoms with Gasteiger partial charge in [-0.3, -0.25) is 9.59 Å². The zero-order valence-corrected chi connectivity index (χ0v) is 22.5. The quantitative estimate of drug-likeness (QED) is 0.163. The van der Waals surface area contributed by atoms with Crippen LogP contribution in [0.5, 0.6) is 17.2 Å². The number of rotatable bonds is 9. The zero-order valence-electron chi connectivity index (χ0n) is 22.5. The van der Waals surface area contributed by atoms with Crippen LogP contribution in [0.1, 0.15) is 55.0 Å². The number of nitrogens with zero attached hydrogens (tertiary/aromatic N) is 1. The first kappa shape index (κ1) is 26.4. The smallest absolute Gasteiger partial charge is 0.295 e. The molecule has 2 aliphatic heterocycles. The van der Waals surface area contributed by atoms with E-state index in [-0.39, 0.29) is 24.0 Å². The first-order valence-electron chi connectivity index (χ1n) is 13.3. The van der Waals surface area contributed by atoms with Crippen LogP contribution in [0.15, 0.2) is 72.3 Å². The van der Waals surface area contributed by atoms with Gasteiger partial charge in [0.1, 0.15) is 17.6 Å². The molecule has 1 saturated heterocycles. The Bertz CT molecular complexity index is 1410. The van der Waals surface area contributed by atoms with Gasteiger partial charge in [-0.05, 0) is 60.4 Å². The van der Waals surface area contributed by atoms with Gasteiger partial charge in [0.15, 0.2) is 11.5 Å². The maximum absolute atomic E-state index is 13.5. The number of carbonyl (C=O) groups is 2. The molecule has 202 valence electrons. The summed E-state index contributed by atoms with van der Waals surface area (Å²) in [6.07, 6.45) is 2.66. The van der Waals surface area contributed by atoms with Crippen LogP contribution in [0.3, 0.4) is 0 Å². The third-order valence-electron chi connectivity index (χ3n) is 7.16. The number of hydrogen-bond acceptors (Lipinski definition) is 6. The number of likely N-dealkylation sites (tertiary alicyclic amines) is 1. The fraction of sp³-hybridized carbons (Fsp3) is 0.312. The summed E-state index contributed by atoms with van der Waals surface area (Å²) in [4.78, 5) is 28.4. The molecule has 0 aliphatic carbocycles. The van der Waals surface area contributed by atoms with Crippen LogP contribution < -0.4 is 14.2 Å². The molecule has 0 aromatic heterocycles. The molecule has 0 bridgehead atoms. The van der Waals surface area contributed by atoms with E-state index >= 15 is 0 Å². The van der Waals surface area contributed by atoms with Crippen LogP contribution in [-0.4, -0.2) is 41.5 Å². The first-order valence-corrected chi connectivity index (χ1v) is 13.3. The Hall–Kier alpha value is -4.26. The fourth-order valence-corrected chi connectivity index (χ4v) is 5.19. The van der Waals surface area contributed by atoms with E-state index < -0.39 is 17.7 Å². The van der Waals surface area contributed by atoms with Gasteiger partial charge in [0.25, 0.3) is 11.7 Å². The lowest BCUT2D eigenvalue weighted by atomic mass is 9.94. The van der Waals surface area contributed by atoms with E-state index in [4.69, 9.17) is 14.2 Å². The second-order valence-corrected chi connectivity index (χ2v) is 9.98. The molecule has 2 atom stereocenters. The maximum Gasteiger partial charge on any atom is 0.295 e. The monoisotopic (exact) mass is 527 g/mol. The average Bonchev–Trinajstić information content (AvgIpc) is 3.44. The molecule has 0 radical (unpaired) electrons. The number of amides is 1. The first-order chi connectivity index (χ1) is 18.9. The number of hydrogen-bond donors (Lipinski definition) is 1. The van der Waals surface area contributed by atoms with Gasteiger partial charge in [0, 0.05) is 18.5 Å². The van der Waals surface area contributed by atoms with Crippen LogP contribution >= 0.6 is 0 Å². The molecule has 2 aliphatic rings. The molecule has 0 spiro atoms. The third-order valence-corrected chi connectivity index (χ3v) is 7.16. The van der Waals surface area contributed by atoms with Crippen molar-refractivity contribution >= 4 is 17.4 Å². The number of ether oxygens (including phenoxy) is 3. The molecule has 1 amide bonds. The molecular weight excluding hydrogens is 494 g/mol. The number of benzene rings is 3. The Labute approximate surface area is 228 Å². The van der Waals surface area contributed by atoms with Crippen molar-refractivity contribution in [3.63, 3.8) is 0 Å². The number of methoxy groups -OCH3 is 1. The van der Waals surface area contributed by atoms with Gasteiger partial charge < -0.3 is 24.2 Å². The third kappa shape index (κ3) is 5.21. The van der Waals surface area contributed by atoms with Crippen LogP contribution in [0, 0.1) is 0 Å². The van der Waals surface area contributed by atoms with Gasteiger partial charge in [0.2, 0.25) is 0 Å². The van der Waals surface area contributed by atoms with Crippen molar-refractivity contribution in [2.75, 3.05) is 13.7 Å². The lowest BCUT2D eigenvalue weighted by molar-refractivity contribution is -0.140. The highest BCUT2D eigenvalue weighted by molar-refractivity contribution is 6.46. The van der Waals surface area contributed by atoms with Gasteiger partial charge in [0.05, 0.1) is 25.3 Å². The van der Waals surface area contributed by atoms with Crippen molar-refractivity contribution in [1.29, 1.82) is 0 Å². The van der Waals surface area contributed by atoms with E-state index in [0.717, 1.165) is 29.7 Å². The summed E-state index contributed by atoms with van der Waals surface area (Å²) >= 11 is 0. The Morgan fingerprint density at radius 1 is 1.05 bits per heavy atom. The standard InChI is InChI=1S/C32H33NO6/c1-4-5-15-38-26-14-11-22(18-27(26)37-3)29-28(30(34)23-12-13-25-24(17-23)16-20(2)39-25)31(35)32(36)33(29)19-21-9-7-6-8-10-21/h6-14,17-18,20,29,34H,4-5,15-16,19H2,1-3H3/t20-,29+/m0/s1. The molecular formula is C32H33NO6. The molecule has 7 nitrogen and oxygen atoms in total. The van der Waals surface area contributed by atoms with E-state index in [1.165, 1.54) is 4.90 Å². The Kier molecular flexibility index (Phi) is 7.59. The van der Waals surface area contributed by atoms with Gasteiger partial charge in [-0.2, -0.15) is 0 Å². The van der Waals surface area contributed by atoms with Crippen molar-refractivity contribution in [2.45, 2.75) is 51.8 Å². The normalized spacial score (nSPS) is 19.6. The highest BCUT2D eigenvalue weighted by Gasteiger charge is 2.46. The summed E-state index contributed by atoms with van der Waals surface area (Å²) in [5.74, 6) is 0.258. The Balaban J connectivity index is 1.60. The molecule has 3 aromatic carbocycles. The number of ketones is 1. The van der Waals surface area contributed by atoms with E-state index in [0.29, 0.717) is 35.7 Å². The summed E-state index contributed by atoms with van der Waals surface area (Å²) in [7, 11) is 1.56. The number of aliphatic hydroxyl groups is 1. The Morgan fingerprint density at radius 3 is 2.59 bits per heavy atom. The number of Topliss-reactive ketones (excluding diaryl/α,β-unsaturated/α-hetero) is 1. The molecule has 3 aromatic rings. The fourth-order valence-electron chi connectivity index (χ4n) is 5.19. The predicted molar refractivity (Wildman–Crippen MR) is 148 cm³/mol. The highest BCUT2D eigenvalue weighted by Crippen LogP contribution is 2.43. The topological polar surface area (TPSA) is 85.3 Å². The highest BCUT2D eigenvalue weighted by atomic mass is 16.5. The number of carbonyl (C=O) groups excluding carboxylic acids is 2. The van der Waals surface area contributed by atoms with Crippen molar-refractivity contribution in [3.8, 4) is 17.2 Å².